The van der Waals surface area contributed by atoms with E-state index in [2.05, 4.69) is 27.3 Å². The molecule has 0 aromatic carbocycles. The first-order chi connectivity index (χ1) is 7.35. The zero-order chi connectivity index (χ0) is 11.4. The van der Waals surface area contributed by atoms with Crippen molar-refractivity contribution in [1.29, 1.82) is 0 Å². The van der Waals surface area contributed by atoms with Crippen LogP contribution < -0.4 is 16.4 Å². The molecule has 0 aromatic heterocycles. The number of nitrogens with two attached hydrogens (primary N) is 1. The summed E-state index contributed by atoms with van der Waals surface area (Å²) in [6.45, 7) is 7.35. The van der Waals surface area contributed by atoms with E-state index in [1.54, 1.807) is 12.4 Å². The summed E-state index contributed by atoms with van der Waals surface area (Å²) in [5, 5.41) is 6.30. The third-order valence-electron chi connectivity index (χ3n) is 1.72. The van der Waals surface area contributed by atoms with Crippen molar-refractivity contribution in [2.45, 2.75) is 0 Å². The van der Waals surface area contributed by atoms with E-state index >= 15 is 0 Å². The van der Waals surface area contributed by atoms with Gasteiger partial charge in [0.2, 0.25) is 0 Å². The van der Waals surface area contributed by atoms with Gasteiger partial charge in [-0.05, 0) is 13.8 Å². The number of hydrogen-bond acceptors (Lipinski definition) is 5. The summed E-state index contributed by atoms with van der Waals surface area (Å²) in [7, 11) is 1.93. The first-order valence-electron chi connectivity index (χ1n) is 5.05. The molecule has 0 bridgehead atoms. The molecule has 0 amide bonds. The van der Waals surface area contributed by atoms with Crippen molar-refractivity contribution in [1.82, 2.24) is 10.6 Å². The lowest BCUT2D eigenvalue weighted by Crippen LogP contribution is -2.26. The number of likely N-dealkylation sites (N-methyl/N-ethyl adjacent to an activating group) is 1. The van der Waals surface area contributed by atoms with Crippen molar-refractivity contribution >= 4 is 12.9 Å². The summed E-state index contributed by atoms with van der Waals surface area (Å²) in [6, 6.07) is 0. The smallest absolute Gasteiger partial charge is 0.0514 e. The molecule has 5 heteroatoms. The Kier molecular flexibility index (Phi) is 10.3. The van der Waals surface area contributed by atoms with E-state index < -0.39 is 0 Å². The van der Waals surface area contributed by atoms with E-state index in [4.69, 9.17) is 5.73 Å². The third kappa shape index (κ3) is 9.27. The molecule has 0 fully saturated rings. The van der Waals surface area contributed by atoms with Crippen LogP contribution in [0.4, 0.5) is 0 Å². The number of rotatable bonds is 9. The highest BCUT2D eigenvalue weighted by molar-refractivity contribution is 5.79. The maximum Gasteiger partial charge on any atom is 0.0514 e. The minimum absolute atomic E-state index is 0.440. The Morgan fingerprint density at radius 3 is 2.80 bits per heavy atom. The van der Waals surface area contributed by atoms with Crippen LogP contribution in [0.15, 0.2) is 21.8 Å². The maximum absolute atomic E-state index is 5.47. The van der Waals surface area contributed by atoms with E-state index in [9.17, 15) is 0 Å². The average Bonchev–Trinajstić information content (AvgIpc) is 2.26. The minimum Gasteiger partial charge on any atom is -0.326 e. The summed E-state index contributed by atoms with van der Waals surface area (Å²) in [5.74, 6) is 0. The van der Waals surface area contributed by atoms with Gasteiger partial charge in [0.1, 0.15) is 0 Å². The second-order valence-corrected chi connectivity index (χ2v) is 2.98. The Hall–Kier alpha value is -1.04. The van der Waals surface area contributed by atoms with E-state index in [0.29, 0.717) is 6.54 Å². The van der Waals surface area contributed by atoms with Crippen LogP contribution in [-0.2, 0) is 0 Å². The van der Waals surface area contributed by atoms with Crippen molar-refractivity contribution in [2.75, 3.05) is 39.8 Å². The molecule has 0 saturated heterocycles. The largest absolute Gasteiger partial charge is 0.326 e. The molecule has 0 spiro atoms. The molecule has 0 aromatic rings. The van der Waals surface area contributed by atoms with Crippen molar-refractivity contribution in [3.63, 3.8) is 0 Å². The Balaban J connectivity index is 3.52. The monoisotopic (exact) mass is 211 g/mol. The van der Waals surface area contributed by atoms with Crippen LogP contribution in [0.2, 0.25) is 0 Å². The van der Waals surface area contributed by atoms with Gasteiger partial charge < -0.3 is 16.4 Å². The second-order valence-electron chi connectivity index (χ2n) is 2.98. The molecule has 86 valence electrons. The van der Waals surface area contributed by atoms with Crippen molar-refractivity contribution < 1.29 is 0 Å². The molecule has 0 aliphatic carbocycles. The van der Waals surface area contributed by atoms with Gasteiger partial charge in [-0.3, -0.25) is 9.98 Å². The van der Waals surface area contributed by atoms with Gasteiger partial charge in [-0.15, -0.1) is 0 Å². The Morgan fingerprint density at radius 2 is 2.20 bits per heavy atom. The Labute approximate surface area is 91.6 Å². The van der Waals surface area contributed by atoms with Crippen LogP contribution in [0, 0.1) is 0 Å². The van der Waals surface area contributed by atoms with Gasteiger partial charge in [0.25, 0.3) is 0 Å². The number of nitrogens with zero attached hydrogens (tertiary/aromatic N) is 2. The summed E-state index contributed by atoms with van der Waals surface area (Å²) in [5.41, 5.74) is 6.36. The van der Waals surface area contributed by atoms with Gasteiger partial charge in [-0.1, -0.05) is 0 Å². The second kappa shape index (κ2) is 11.0. The third-order valence-corrected chi connectivity index (χ3v) is 1.72. The zero-order valence-corrected chi connectivity index (χ0v) is 9.37. The molecule has 0 heterocycles. The van der Waals surface area contributed by atoms with Gasteiger partial charge in [-0.25, -0.2) is 0 Å². The highest BCUT2D eigenvalue weighted by Crippen LogP contribution is 1.86. The molecule has 4 N–H and O–H groups in total. The van der Waals surface area contributed by atoms with Crippen LogP contribution in [0.1, 0.15) is 0 Å². The molecule has 0 unspecified atom stereocenters. The highest BCUT2D eigenvalue weighted by Gasteiger charge is 1.87. The fraction of sp³-hybridized carbons (Fsp3) is 0.600. The number of aliphatic imine (C=N–C) groups is 2. The zero-order valence-electron chi connectivity index (χ0n) is 9.37. The number of hydrogen-bond donors (Lipinski definition) is 3. The van der Waals surface area contributed by atoms with Crippen molar-refractivity contribution in [3.8, 4) is 0 Å². The summed E-state index contributed by atoms with van der Waals surface area (Å²) < 4.78 is 0. The molecule has 15 heavy (non-hydrogen) atoms. The van der Waals surface area contributed by atoms with Crippen LogP contribution >= 0.6 is 0 Å². The average molecular weight is 211 g/mol. The van der Waals surface area contributed by atoms with Gasteiger partial charge in [0.05, 0.1) is 6.54 Å². The predicted octanol–water partition coefficient (Wildman–Crippen LogP) is -0.591. The summed E-state index contributed by atoms with van der Waals surface area (Å²) in [6.07, 6.45) is 3.37. The highest BCUT2D eigenvalue weighted by atomic mass is 14.9. The van der Waals surface area contributed by atoms with E-state index in [-0.39, 0.29) is 0 Å². The molecule has 0 rings (SSSR count). The summed E-state index contributed by atoms with van der Waals surface area (Å²) >= 11 is 0. The van der Waals surface area contributed by atoms with Crippen molar-refractivity contribution in [3.05, 3.63) is 11.8 Å². The van der Waals surface area contributed by atoms with Crippen LogP contribution in [0.3, 0.4) is 0 Å². The van der Waals surface area contributed by atoms with Crippen LogP contribution in [-0.4, -0.2) is 52.7 Å². The SMILES string of the molecule is C=N/C=C(\C=NCCNCCNC)CN. The van der Waals surface area contributed by atoms with Gasteiger partial charge >= 0.3 is 0 Å². The molecular weight excluding hydrogens is 190 g/mol. The maximum atomic E-state index is 5.47. The minimum atomic E-state index is 0.440. The van der Waals surface area contributed by atoms with Gasteiger partial charge in [-0.2, -0.15) is 0 Å². The molecule has 5 nitrogen and oxygen atoms in total. The normalized spacial score (nSPS) is 12.3. The molecule has 0 aliphatic rings. The Bertz CT molecular complexity index is 210. The van der Waals surface area contributed by atoms with E-state index in [1.165, 1.54) is 0 Å². The van der Waals surface area contributed by atoms with Gasteiger partial charge in [0, 0.05) is 44.2 Å². The van der Waals surface area contributed by atoms with E-state index in [1.807, 2.05) is 7.05 Å². The van der Waals surface area contributed by atoms with E-state index in [0.717, 1.165) is 31.8 Å². The molecule has 0 radical (unpaired) electrons. The lowest BCUT2D eigenvalue weighted by molar-refractivity contribution is 0.655. The molecular formula is C10H21N5. The Morgan fingerprint density at radius 1 is 1.40 bits per heavy atom. The quantitative estimate of drug-likeness (QED) is 0.352. The predicted molar refractivity (Wildman–Crippen MR) is 66.8 cm³/mol. The first-order valence-corrected chi connectivity index (χ1v) is 5.05. The van der Waals surface area contributed by atoms with Crippen LogP contribution in [0.25, 0.3) is 0 Å². The fourth-order valence-electron chi connectivity index (χ4n) is 0.920. The first kappa shape index (κ1) is 14.0. The van der Waals surface area contributed by atoms with Crippen molar-refractivity contribution in [2.24, 2.45) is 15.7 Å². The topological polar surface area (TPSA) is 74.8 Å². The molecule has 0 atom stereocenters. The standard InChI is InChI=1S/C10H21N5/c1-12-3-4-14-5-6-15-9-10(7-11)8-13-2/h8-9,12,14H,2-7,11H2,1H3/b10-8-,15-9?. The lowest BCUT2D eigenvalue weighted by atomic mass is 10.3. The lowest BCUT2D eigenvalue weighted by Gasteiger charge is -2.01. The van der Waals surface area contributed by atoms with Gasteiger partial charge in [0.15, 0.2) is 0 Å². The molecule has 0 saturated carbocycles. The fourth-order valence-corrected chi connectivity index (χ4v) is 0.920. The molecule has 0 aliphatic heterocycles. The summed E-state index contributed by atoms with van der Waals surface area (Å²) in [4.78, 5) is 7.85. The van der Waals surface area contributed by atoms with Crippen LogP contribution in [0.5, 0.6) is 0 Å². The number of nitrogens with one attached hydrogen (secondary N) is 2.